The van der Waals surface area contributed by atoms with Crippen molar-refractivity contribution in [3.8, 4) is 0 Å². The summed E-state index contributed by atoms with van der Waals surface area (Å²) >= 11 is 0. The Hall–Kier alpha value is -3.48. The molecule has 26 heavy (non-hydrogen) atoms. The van der Waals surface area contributed by atoms with Crippen molar-refractivity contribution in [3.05, 3.63) is 61.1 Å². The van der Waals surface area contributed by atoms with Crippen molar-refractivity contribution in [1.82, 2.24) is 24.5 Å². The number of hydrogen-bond acceptors (Lipinski definition) is 6. The van der Waals surface area contributed by atoms with Crippen LogP contribution in [0.3, 0.4) is 0 Å². The summed E-state index contributed by atoms with van der Waals surface area (Å²) in [7, 11) is 0. The number of anilines is 4. The molecular formula is C19H19N7. The molecule has 0 saturated carbocycles. The number of benzene rings is 1. The van der Waals surface area contributed by atoms with Crippen molar-refractivity contribution < 1.29 is 0 Å². The third kappa shape index (κ3) is 3.19. The standard InChI is InChI=1S/C19H19N7/c1-13(2)26-17-16(24-19(26)23-15-9-6-10-20-11-15)12-21-18(25-17)22-14-7-4-3-5-8-14/h3-13H,1-2H3,(H,23,24)(H,21,22,25). The molecule has 0 spiro atoms. The topological polar surface area (TPSA) is 80.5 Å². The maximum Gasteiger partial charge on any atom is 0.229 e. The summed E-state index contributed by atoms with van der Waals surface area (Å²) in [5, 5.41) is 6.54. The molecule has 0 bridgehead atoms. The molecule has 0 fully saturated rings. The molecule has 0 radical (unpaired) electrons. The van der Waals surface area contributed by atoms with Gasteiger partial charge in [0.25, 0.3) is 0 Å². The van der Waals surface area contributed by atoms with Crippen LogP contribution >= 0.6 is 0 Å². The first-order valence-corrected chi connectivity index (χ1v) is 8.45. The molecule has 4 aromatic rings. The summed E-state index contributed by atoms with van der Waals surface area (Å²) < 4.78 is 2.06. The molecule has 1 aromatic carbocycles. The number of rotatable bonds is 5. The lowest BCUT2D eigenvalue weighted by atomic mass is 10.3. The Morgan fingerprint density at radius 2 is 1.69 bits per heavy atom. The fourth-order valence-corrected chi connectivity index (χ4v) is 2.74. The lowest BCUT2D eigenvalue weighted by Gasteiger charge is -2.13. The maximum atomic E-state index is 4.68. The van der Waals surface area contributed by atoms with Gasteiger partial charge in [0.05, 0.1) is 18.1 Å². The number of hydrogen-bond donors (Lipinski definition) is 2. The van der Waals surface area contributed by atoms with Crippen LogP contribution in [-0.4, -0.2) is 24.5 Å². The van der Waals surface area contributed by atoms with E-state index in [4.69, 9.17) is 0 Å². The quantitative estimate of drug-likeness (QED) is 0.562. The molecule has 0 saturated heterocycles. The van der Waals surface area contributed by atoms with Gasteiger partial charge in [-0.3, -0.25) is 9.55 Å². The molecule has 7 heteroatoms. The predicted molar refractivity (Wildman–Crippen MR) is 103 cm³/mol. The van der Waals surface area contributed by atoms with Gasteiger partial charge < -0.3 is 10.6 Å². The van der Waals surface area contributed by atoms with Crippen molar-refractivity contribution in [2.45, 2.75) is 19.9 Å². The molecule has 0 aliphatic heterocycles. The van der Waals surface area contributed by atoms with Gasteiger partial charge in [0.15, 0.2) is 5.65 Å². The highest BCUT2D eigenvalue weighted by Gasteiger charge is 2.16. The molecule has 4 rings (SSSR count). The third-order valence-electron chi connectivity index (χ3n) is 3.90. The number of pyridine rings is 1. The number of nitrogens with one attached hydrogen (secondary N) is 2. The molecule has 0 amide bonds. The van der Waals surface area contributed by atoms with E-state index < -0.39 is 0 Å². The van der Waals surface area contributed by atoms with Gasteiger partial charge >= 0.3 is 0 Å². The second-order valence-corrected chi connectivity index (χ2v) is 6.16. The molecule has 0 unspecified atom stereocenters. The van der Waals surface area contributed by atoms with E-state index in [1.807, 2.05) is 42.5 Å². The van der Waals surface area contributed by atoms with Gasteiger partial charge in [-0.25, -0.2) is 9.97 Å². The Bertz CT molecular complexity index is 1010. The van der Waals surface area contributed by atoms with Crippen molar-refractivity contribution in [2.24, 2.45) is 0 Å². The number of para-hydroxylation sites is 1. The minimum absolute atomic E-state index is 0.179. The fraction of sp³-hybridized carbons (Fsp3) is 0.158. The molecule has 130 valence electrons. The first kappa shape index (κ1) is 16.0. The molecule has 0 aliphatic rings. The van der Waals surface area contributed by atoms with Gasteiger partial charge in [0.1, 0.15) is 5.52 Å². The van der Waals surface area contributed by atoms with Gasteiger partial charge in [0, 0.05) is 17.9 Å². The molecular weight excluding hydrogens is 326 g/mol. The van der Waals surface area contributed by atoms with E-state index >= 15 is 0 Å². The Kier molecular flexibility index (Phi) is 4.18. The Morgan fingerprint density at radius 3 is 2.42 bits per heavy atom. The van der Waals surface area contributed by atoms with Crippen LogP contribution in [0.15, 0.2) is 61.1 Å². The molecule has 3 heterocycles. The number of fused-ring (bicyclic) bond motifs is 1. The van der Waals surface area contributed by atoms with E-state index in [1.54, 1.807) is 18.6 Å². The van der Waals surface area contributed by atoms with E-state index in [-0.39, 0.29) is 6.04 Å². The van der Waals surface area contributed by atoms with E-state index in [9.17, 15) is 0 Å². The lowest BCUT2D eigenvalue weighted by molar-refractivity contribution is 0.621. The lowest BCUT2D eigenvalue weighted by Crippen LogP contribution is -2.07. The highest BCUT2D eigenvalue weighted by atomic mass is 15.3. The summed E-state index contributed by atoms with van der Waals surface area (Å²) in [6.07, 6.45) is 5.24. The molecule has 0 atom stereocenters. The van der Waals surface area contributed by atoms with Gasteiger partial charge in [0.2, 0.25) is 11.9 Å². The minimum Gasteiger partial charge on any atom is -0.324 e. The summed E-state index contributed by atoms with van der Waals surface area (Å²) in [5.74, 6) is 1.26. The number of imidazole rings is 1. The first-order valence-electron chi connectivity index (χ1n) is 8.45. The number of nitrogens with zero attached hydrogens (tertiary/aromatic N) is 5. The predicted octanol–water partition coefficient (Wildman–Crippen LogP) is 4.29. The summed E-state index contributed by atoms with van der Waals surface area (Å²) in [4.78, 5) is 17.8. The van der Waals surface area contributed by atoms with E-state index in [2.05, 4.69) is 49.0 Å². The zero-order chi connectivity index (χ0) is 17.9. The van der Waals surface area contributed by atoms with Crippen LogP contribution in [0.5, 0.6) is 0 Å². The van der Waals surface area contributed by atoms with Crippen LogP contribution in [-0.2, 0) is 0 Å². The largest absolute Gasteiger partial charge is 0.324 e. The van der Waals surface area contributed by atoms with Crippen LogP contribution in [0, 0.1) is 0 Å². The van der Waals surface area contributed by atoms with Crippen LogP contribution < -0.4 is 10.6 Å². The summed E-state index contributed by atoms with van der Waals surface area (Å²) in [6.45, 7) is 4.20. The monoisotopic (exact) mass is 345 g/mol. The normalized spacial score (nSPS) is 11.0. The summed E-state index contributed by atoms with van der Waals surface area (Å²) in [5.41, 5.74) is 3.33. The highest BCUT2D eigenvalue weighted by Crippen LogP contribution is 2.26. The Labute approximate surface area is 151 Å². The maximum absolute atomic E-state index is 4.68. The molecule has 3 aromatic heterocycles. The van der Waals surface area contributed by atoms with E-state index in [1.165, 1.54) is 0 Å². The molecule has 2 N–H and O–H groups in total. The van der Waals surface area contributed by atoms with Crippen molar-refractivity contribution in [3.63, 3.8) is 0 Å². The first-order chi connectivity index (χ1) is 12.7. The SMILES string of the molecule is CC(C)n1c(Nc2cccnc2)nc2cnc(Nc3ccccc3)nc21. The number of aromatic nitrogens is 5. The Morgan fingerprint density at radius 1 is 0.885 bits per heavy atom. The van der Waals surface area contributed by atoms with Crippen LogP contribution in [0.1, 0.15) is 19.9 Å². The van der Waals surface area contributed by atoms with Crippen LogP contribution in [0.4, 0.5) is 23.3 Å². The minimum atomic E-state index is 0.179. The third-order valence-corrected chi connectivity index (χ3v) is 3.90. The summed E-state index contributed by atoms with van der Waals surface area (Å²) in [6, 6.07) is 13.9. The zero-order valence-corrected chi connectivity index (χ0v) is 14.6. The fourth-order valence-electron chi connectivity index (χ4n) is 2.74. The van der Waals surface area contributed by atoms with Crippen molar-refractivity contribution in [2.75, 3.05) is 10.6 Å². The van der Waals surface area contributed by atoms with Gasteiger partial charge in [-0.2, -0.15) is 4.98 Å². The van der Waals surface area contributed by atoms with Gasteiger partial charge in [-0.15, -0.1) is 0 Å². The highest BCUT2D eigenvalue weighted by molar-refractivity contribution is 5.77. The van der Waals surface area contributed by atoms with E-state index in [0.717, 1.165) is 22.5 Å². The Balaban J connectivity index is 1.73. The van der Waals surface area contributed by atoms with Crippen LogP contribution in [0.2, 0.25) is 0 Å². The second-order valence-electron chi connectivity index (χ2n) is 6.16. The van der Waals surface area contributed by atoms with E-state index in [0.29, 0.717) is 11.9 Å². The molecule has 7 nitrogen and oxygen atoms in total. The van der Waals surface area contributed by atoms with Crippen molar-refractivity contribution >= 4 is 34.4 Å². The smallest absolute Gasteiger partial charge is 0.229 e. The van der Waals surface area contributed by atoms with Crippen molar-refractivity contribution in [1.29, 1.82) is 0 Å². The average Bonchev–Trinajstić information content (AvgIpc) is 3.00. The van der Waals surface area contributed by atoms with Gasteiger partial charge in [-0.1, -0.05) is 18.2 Å². The zero-order valence-electron chi connectivity index (χ0n) is 14.6. The van der Waals surface area contributed by atoms with Gasteiger partial charge in [-0.05, 0) is 38.1 Å². The second kappa shape index (κ2) is 6.79. The van der Waals surface area contributed by atoms with Crippen LogP contribution in [0.25, 0.3) is 11.2 Å². The molecule has 0 aliphatic carbocycles. The average molecular weight is 345 g/mol.